The highest BCUT2D eigenvalue weighted by atomic mass is 19.1. The largest absolute Gasteiger partial charge is 0.496 e. The van der Waals surface area contributed by atoms with Crippen molar-refractivity contribution in [2.24, 2.45) is 0 Å². The van der Waals surface area contributed by atoms with Crippen LogP contribution in [0.4, 0.5) is 4.39 Å². The normalized spacial score (nSPS) is 10.6. The maximum atomic E-state index is 13.6. The molecule has 1 heterocycles. The Morgan fingerprint density at radius 1 is 1.08 bits per heavy atom. The Kier molecular flexibility index (Phi) is 5.76. The highest BCUT2D eigenvalue weighted by Crippen LogP contribution is 2.28. The molecule has 2 aromatic carbocycles. The van der Waals surface area contributed by atoms with Crippen LogP contribution >= 0.6 is 0 Å². The van der Waals surface area contributed by atoms with Crippen molar-refractivity contribution in [2.75, 3.05) is 13.7 Å². The van der Waals surface area contributed by atoms with Crippen LogP contribution in [-0.4, -0.2) is 28.8 Å². The minimum absolute atomic E-state index is 0.0530. The molecule has 3 rings (SSSR count). The van der Waals surface area contributed by atoms with Gasteiger partial charge in [0.15, 0.2) is 5.82 Å². The van der Waals surface area contributed by atoms with Gasteiger partial charge >= 0.3 is 0 Å². The minimum Gasteiger partial charge on any atom is -0.496 e. The molecule has 0 spiro atoms. The molecule has 0 bridgehead atoms. The van der Waals surface area contributed by atoms with E-state index in [-0.39, 0.29) is 19.0 Å². The van der Waals surface area contributed by atoms with Crippen LogP contribution in [0.3, 0.4) is 0 Å². The predicted molar refractivity (Wildman–Crippen MR) is 95.5 cm³/mol. The first-order chi connectivity index (χ1) is 12.7. The zero-order valence-corrected chi connectivity index (χ0v) is 14.4. The Morgan fingerprint density at radius 3 is 2.73 bits per heavy atom. The molecule has 0 radical (unpaired) electrons. The smallest absolute Gasteiger partial charge is 0.163 e. The van der Waals surface area contributed by atoms with E-state index >= 15 is 0 Å². The number of ether oxygens (including phenoxy) is 2. The summed E-state index contributed by atoms with van der Waals surface area (Å²) >= 11 is 0. The van der Waals surface area contributed by atoms with E-state index in [0.717, 1.165) is 5.56 Å². The van der Waals surface area contributed by atoms with E-state index in [1.54, 1.807) is 18.3 Å². The van der Waals surface area contributed by atoms with E-state index in [0.29, 0.717) is 35.0 Å². The summed E-state index contributed by atoms with van der Waals surface area (Å²) in [6.45, 7) is 0.285. The lowest BCUT2D eigenvalue weighted by molar-refractivity contribution is 0.282. The van der Waals surface area contributed by atoms with E-state index in [2.05, 4.69) is 9.97 Å². The van der Waals surface area contributed by atoms with Crippen LogP contribution in [0.25, 0.3) is 11.4 Å². The van der Waals surface area contributed by atoms with Gasteiger partial charge in [-0.2, -0.15) is 0 Å². The van der Waals surface area contributed by atoms with Crippen LogP contribution in [0.5, 0.6) is 11.5 Å². The van der Waals surface area contributed by atoms with E-state index < -0.39 is 0 Å². The molecule has 0 saturated carbocycles. The zero-order valence-electron chi connectivity index (χ0n) is 14.4. The van der Waals surface area contributed by atoms with Crippen molar-refractivity contribution in [2.45, 2.75) is 13.0 Å². The number of nitrogens with zero attached hydrogens (tertiary/aromatic N) is 2. The van der Waals surface area contributed by atoms with E-state index in [1.165, 1.54) is 19.2 Å². The molecule has 0 aliphatic rings. The lowest BCUT2D eigenvalue weighted by Gasteiger charge is -2.11. The van der Waals surface area contributed by atoms with Crippen molar-refractivity contribution in [3.63, 3.8) is 0 Å². The summed E-state index contributed by atoms with van der Waals surface area (Å²) in [4.78, 5) is 8.67. The van der Waals surface area contributed by atoms with E-state index in [1.807, 2.05) is 24.3 Å². The quantitative estimate of drug-likeness (QED) is 0.704. The van der Waals surface area contributed by atoms with Crippen molar-refractivity contribution in [1.29, 1.82) is 0 Å². The molecule has 0 unspecified atom stereocenters. The molecule has 0 saturated heterocycles. The number of hydrogen-bond donors (Lipinski definition) is 1. The average molecular weight is 354 g/mol. The second kappa shape index (κ2) is 8.40. The number of aliphatic hydroxyl groups excluding tert-OH is 1. The van der Waals surface area contributed by atoms with Gasteiger partial charge in [0.25, 0.3) is 0 Å². The van der Waals surface area contributed by atoms with Gasteiger partial charge in [-0.3, -0.25) is 0 Å². The second-order valence-corrected chi connectivity index (χ2v) is 5.59. The number of halogens is 1. The molecule has 0 fully saturated rings. The number of aromatic nitrogens is 2. The minimum atomic E-state index is -0.385. The van der Waals surface area contributed by atoms with Crippen LogP contribution in [0.1, 0.15) is 11.3 Å². The summed E-state index contributed by atoms with van der Waals surface area (Å²) in [6, 6.07) is 13.5. The van der Waals surface area contributed by atoms with Crippen molar-refractivity contribution < 1.29 is 19.0 Å². The third kappa shape index (κ3) is 4.15. The van der Waals surface area contributed by atoms with Gasteiger partial charge in [-0.1, -0.05) is 18.2 Å². The van der Waals surface area contributed by atoms with Gasteiger partial charge in [0.1, 0.15) is 23.9 Å². The van der Waals surface area contributed by atoms with Gasteiger partial charge in [0, 0.05) is 12.8 Å². The van der Waals surface area contributed by atoms with Gasteiger partial charge < -0.3 is 14.6 Å². The van der Waals surface area contributed by atoms with Gasteiger partial charge in [-0.15, -0.1) is 0 Å². The Bertz CT molecular complexity index is 886. The summed E-state index contributed by atoms with van der Waals surface area (Å²) in [5, 5.41) is 9.14. The third-order valence-electron chi connectivity index (χ3n) is 3.84. The van der Waals surface area contributed by atoms with Gasteiger partial charge in [-0.25, -0.2) is 14.4 Å². The maximum absolute atomic E-state index is 13.6. The standard InChI is InChI=1S/C20H19FN2O3/c1-25-19-7-6-15(21)12-17(19)20-22-10-8-16(23-20)13-26-18-5-3-2-4-14(18)9-11-24/h2-8,10,12,24H,9,11,13H2,1H3. The molecule has 1 N–H and O–H groups in total. The van der Waals surface area contributed by atoms with Crippen molar-refractivity contribution in [3.05, 3.63) is 71.8 Å². The molecule has 134 valence electrons. The molecule has 0 amide bonds. The van der Waals surface area contributed by atoms with E-state index in [9.17, 15) is 4.39 Å². The van der Waals surface area contributed by atoms with Crippen molar-refractivity contribution in [1.82, 2.24) is 9.97 Å². The highest BCUT2D eigenvalue weighted by Gasteiger charge is 2.11. The van der Waals surface area contributed by atoms with Crippen LogP contribution in [0.2, 0.25) is 0 Å². The summed E-state index contributed by atoms with van der Waals surface area (Å²) < 4.78 is 24.7. The number of para-hydroxylation sites is 1. The number of methoxy groups -OCH3 is 1. The second-order valence-electron chi connectivity index (χ2n) is 5.59. The summed E-state index contributed by atoms with van der Waals surface area (Å²) in [5.74, 6) is 1.18. The van der Waals surface area contributed by atoms with Gasteiger partial charge in [-0.05, 0) is 42.3 Å². The molecule has 0 aliphatic carbocycles. The first-order valence-electron chi connectivity index (χ1n) is 8.18. The number of benzene rings is 2. The summed E-state index contributed by atoms with van der Waals surface area (Å²) in [7, 11) is 1.52. The lowest BCUT2D eigenvalue weighted by Crippen LogP contribution is -2.03. The fraction of sp³-hybridized carbons (Fsp3) is 0.200. The number of hydrogen-bond acceptors (Lipinski definition) is 5. The molecule has 1 aromatic heterocycles. The zero-order chi connectivity index (χ0) is 18.4. The summed E-state index contributed by atoms with van der Waals surface area (Å²) in [5.41, 5.74) is 2.06. The molecular weight excluding hydrogens is 335 g/mol. The predicted octanol–water partition coefficient (Wildman–Crippen LogP) is 3.41. The first-order valence-corrected chi connectivity index (χ1v) is 8.18. The van der Waals surface area contributed by atoms with Crippen LogP contribution in [-0.2, 0) is 13.0 Å². The topological polar surface area (TPSA) is 64.5 Å². The fourth-order valence-corrected chi connectivity index (χ4v) is 2.58. The van der Waals surface area contributed by atoms with E-state index in [4.69, 9.17) is 14.6 Å². The van der Waals surface area contributed by atoms with Crippen LogP contribution in [0.15, 0.2) is 54.7 Å². The Balaban J connectivity index is 1.82. The monoisotopic (exact) mass is 354 g/mol. The average Bonchev–Trinajstić information content (AvgIpc) is 2.68. The highest BCUT2D eigenvalue weighted by molar-refractivity contribution is 5.64. The molecule has 0 atom stereocenters. The molecule has 26 heavy (non-hydrogen) atoms. The Labute approximate surface area is 151 Å². The fourth-order valence-electron chi connectivity index (χ4n) is 2.58. The SMILES string of the molecule is COc1ccc(F)cc1-c1nccc(COc2ccccc2CCO)n1. The lowest BCUT2D eigenvalue weighted by atomic mass is 10.1. The van der Waals surface area contributed by atoms with Crippen LogP contribution in [0, 0.1) is 5.82 Å². The van der Waals surface area contributed by atoms with Crippen molar-refractivity contribution >= 4 is 0 Å². The van der Waals surface area contributed by atoms with Gasteiger partial charge in [0.05, 0.1) is 18.4 Å². The summed E-state index contributed by atoms with van der Waals surface area (Å²) in [6.07, 6.45) is 2.12. The first kappa shape index (κ1) is 17.8. The Hall–Kier alpha value is -2.99. The molecular formula is C20H19FN2O3. The van der Waals surface area contributed by atoms with Gasteiger partial charge in [0.2, 0.25) is 0 Å². The number of aliphatic hydroxyl groups is 1. The van der Waals surface area contributed by atoms with Crippen LogP contribution < -0.4 is 9.47 Å². The molecule has 0 aliphatic heterocycles. The molecule has 5 nitrogen and oxygen atoms in total. The molecule has 6 heteroatoms. The molecule has 3 aromatic rings. The van der Waals surface area contributed by atoms with Crippen molar-refractivity contribution in [3.8, 4) is 22.9 Å². The number of rotatable bonds is 7. The third-order valence-corrected chi connectivity index (χ3v) is 3.84. The maximum Gasteiger partial charge on any atom is 0.163 e. The Morgan fingerprint density at radius 2 is 1.92 bits per heavy atom.